The monoisotopic (exact) mass is 884 g/mol. The van der Waals surface area contributed by atoms with Crippen molar-refractivity contribution in [2.24, 2.45) is 0 Å². The molecule has 0 aliphatic carbocycles. The number of hydrogen-bond donors (Lipinski definition) is 2. The average Bonchev–Trinajstić information content (AvgIpc) is 4.18. The summed E-state index contributed by atoms with van der Waals surface area (Å²) in [6, 6.07) is 19.5. The van der Waals surface area contributed by atoms with Crippen molar-refractivity contribution in [2.45, 2.75) is 87.0 Å². The molecule has 14 nitrogen and oxygen atoms in total. The van der Waals surface area contributed by atoms with Crippen LogP contribution in [0.3, 0.4) is 0 Å². The maximum absolute atomic E-state index is 13.3. The predicted octanol–water partition coefficient (Wildman–Crippen LogP) is 8.69. The maximum Gasteiger partial charge on any atom is 0.273 e. The Morgan fingerprint density at radius 2 is 1.11 bits per heavy atom. The number of rotatable bonds is 12. The van der Waals surface area contributed by atoms with Crippen molar-refractivity contribution in [3.63, 3.8) is 0 Å². The van der Waals surface area contributed by atoms with Crippen molar-refractivity contribution in [3.05, 3.63) is 128 Å². The molecule has 11 rings (SSSR count). The Labute approximate surface area is 382 Å². The van der Waals surface area contributed by atoms with Crippen LogP contribution in [-0.2, 0) is 25.7 Å². The van der Waals surface area contributed by atoms with Crippen LogP contribution in [-0.4, -0.2) is 109 Å². The summed E-state index contributed by atoms with van der Waals surface area (Å²) < 4.78 is 16.8. The van der Waals surface area contributed by atoms with Crippen LogP contribution < -0.4 is 0 Å². The number of aromatic nitrogens is 12. The normalized spacial score (nSPS) is 13.5. The molecule has 0 atom stereocenters. The average molecular weight is 885 g/mol. The van der Waals surface area contributed by atoms with E-state index in [9.17, 15) is 4.39 Å². The summed E-state index contributed by atoms with van der Waals surface area (Å²) in [5.74, 6) is 2.20. The molecule has 7 heterocycles. The molecule has 0 bridgehead atoms. The molecule has 1 aliphatic heterocycles. The van der Waals surface area contributed by atoms with E-state index in [-0.39, 0.29) is 5.82 Å². The lowest BCUT2D eigenvalue weighted by atomic mass is 9.98. The van der Waals surface area contributed by atoms with Gasteiger partial charge in [-0.2, -0.15) is 29.2 Å². The number of aromatic amines is 2. The first-order valence-corrected chi connectivity index (χ1v) is 23.3. The van der Waals surface area contributed by atoms with Crippen LogP contribution in [0.1, 0.15) is 88.4 Å². The van der Waals surface area contributed by atoms with Gasteiger partial charge >= 0.3 is 0 Å². The lowest BCUT2D eigenvalue weighted by molar-refractivity contribution is 0.308. The zero-order valence-electron chi connectivity index (χ0n) is 39.0. The molecule has 0 saturated carbocycles. The van der Waals surface area contributed by atoms with Gasteiger partial charge in [0.05, 0.1) is 11.0 Å². The van der Waals surface area contributed by atoms with Gasteiger partial charge in [0, 0.05) is 36.7 Å². The van der Waals surface area contributed by atoms with Crippen molar-refractivity contribution in [3.8, 4) is 0 Å². The molecule has 4 aromatic carbocycles. The summed E-state index contributed by atoms with van der Waals surface area (Å²) in [5, 5.41) is 29.4. The summed E-state index contributed by atoms with van der Waals surface area (Å²) in [4.78, 5) is 21.5. The summed E-state index contributed by atoms with van der Waals surface area (Å²) in [5.41, 5.74) is 16.5. The second-order valence-electron chi connectivity index (χ2n) is 18.0. The number of likely N-dealkylation sites (N-methyl/N-ethyl adjacent to an activating group) is 1. The molecule has 0 spiro atoms. The van der Waals surface area contributed by atoms with E-state index >= 15 is 0 Å². The third kappa shape index (κ3) is 8.26. The fourth-order valence-electron chi connectivity index (χ4n) is 9.70. The molecule has 1 saturated heterocycles. The van der Waals surface area contributed by atoms with Gasteiger partial charge in [-0.1, -0.05) is 67.9 Å². The van der Waals surface area contributed by atoms with E-state index in [1.165, 1.54) is 82.6 Å². The SMILES string of the molecule is CCN(CC)CCc1cc(C)c2[nH]c3nc4nnc(Cc5ccc(C)cc5)n4nc3c2c1C.Cc1cc(CCN2CCCC2)c(C)c2c1[nH]c1nc3nnc(Cc4ccc(F)cc4)n3nc12. The van der Waals surface area contributed by atoms with Gasteiger partial charge in [0.2, 0.25) is 0 Å². The van der Waals surface area contributed by atoms with E-state index < -0.39 is 0 Å². The third-order valence-corrected chi connectivity index (χ3v) is 13.6. The Morgan fingerprint density at radius 1 is 0.621 bits per heavy atom. The summed E-state index contributed by atoms with van der Waals surface area (Å²) in [6.07, 6.45) is 5.85. The second-order valence-corrected chi connectivity index (χ2v) is 18.0. The smallest absolute Gasteiger partial charge is 0.273 e. The number of H-pyrrole nitrogens is 2. The Balaban J connectivity index is 0.000000155. The van der Waals surface area contributed by atoms with Crippen molar-refractivity contribution in [1.29, 1.82) is 0 Å². The Kier molecular flexibility index (Phi) is 11.7. The van der Waals surface area contributed by atoms with Crippen LogP contribution in [0.15, 0.2) is 60.7 Å². The molecule has 66 heavy (non-hydrogen) atoms. The number of fused-ring (bicyclic) bond motifs is 8. The predicted molar refractivity (Wildman–Crippen MR) is 259 cm³/mol. The largest absolute Gasteiger partial charge is 0.337 e. The Morgan fingerprint density at radius 3 is 1.61 bits per heavy atom. The molecule has 1 fully saturated rings. The number of aryl methyl sites for hydroxylation is 5. The van der Waals surface area contributed by atoms with E-state index in [0.29, 0.717) is 30.2 Å². The highest BCUT2D eigenvalue weighted by Gasteiger charge is 2.21. The first-order chi connectivity index (χ1) is 32.0. The summed E-state index contributed by atoms with van der Waals surface area (Å²) in [6.45, 7) is 22.0. The Hall–Kier alpha value is -6.71. The van der Waals surface area contributed by atoms with Gasteiger partial charge in [0.25, 0.3) is 11.6 Å². The Bertz CT molecular complexity index is 3150. The van der Waals surface area contributed by atoms with Crippen molar-refractivity contribution >= 4 is 55.7 Å². The van der Waals surface area contributed by atoms with Gasteiger partial charge in [-0.3, -0.25) is 0 Å². The topological polar surface area (TPSA) is 150 Å². The van der Waals surface area contributed by atoms with Crippen LogP contribution in [0.2, 0.25) is 0 Å². The number of benzene rings is 4. The quantitative estimate of drug-likeness (QED) is 0.122. The van der Waals surface area contributed by atoms with Gasteiger partial charge in [-0.05, 0) is 143 Å². The molecule has 10 aromatic rings. The molecular formula is C51H57FN14. The minimum atomic E-state index is -0.253. The van der Waals surface area contributed by atoms with E-state index in [1.807, 2.05) is 0 Å². The fourth-order valence-corrected chi connectivity index (χ4v) is 9.70. The van der Waals surface area contributed by atoms with Gasteiger partial charge in [-0.15, -0.1) is 20.4 Å². The zero-order valence-corrected chi connectivity index (χ0v) is 39.0. The van der Waals surface area contributed by atoms with Crippen molar-refractivity contribution in [1.82, 2.24) is 69.4 Å². The molecule has 0 radical (unpaired) electrons. The lowest BCUT2D eigenvalue weighted by Gasteiger charge is -2.19. The number of likely N-dealkylation sites (tertiary alicyclic amines) is 1. The van der Waals surface area contributed by atoms with Crippen LogP contribution in [0, 0.1) is 40.4 Å². The molecule has 2 N–H and O–H groups in total. The first-order valence-electron chi connectivity index (χ1n) is 23.3. The van der Waals surface area contributed by atoms with E-state index in [2.05, 4.69) is 125 Å². The molecular weight excluding hydrogens is 828 g/mol. The number of hydrogen-bond acceptors (Lipinski definition) is 10. The molecule has 0 amide bonds. The maximum atomic E-state index is 13.3. The highest BCUT2D eigenvalue weighted by atomic mass is 19.1. The van der Waals surface area contributed by atoms with Crippen LogP contribution in [0.5, 0.6) is 0 Å². The van der Waals surface area contributed by atoms with Gasteiger partial charge in [0.1, 0.15) is 16.9 Å². The third-order valence-electron chi connectivity index (χ3n) is 13.6. The minimum absolute atomic E-state index is 0.253. The second kappa shape index (κ2) is 17.9. The lowest BCUT2D eigenvalue weighted by Crippen LogP contribution is -2.25. The summed E-state index contributed by atoms with van der Waals surface area (Å²) >= 11 is 0. The van der Waals surface area contributed by atoms with E-state index in [0.717, 1.165) is 94.5 Å². The minimum Gasteiger partial charge on any atom is -0.337 e. The number of halogens is 1. The van der Waals surface area contributed by atoms with Crippen LogP contribution >= 0.6 is 0 Å². The molecule has 0 unspecified atom stereocenters. The number of nitrogens with one attached hydrogen (secondary N) is 2. The first kappa shape index (κ1) is 43.2. The van der Waals surface area contributed by atoms with Crippen molar-refractivity contribution in [2.75, 3.05) is 39.3 Å². The zero-order chi connectivity index (χ0) is 45.6. The van der Waals surface area contributed by atoms with Gasteiger partial charge < -0.3 is 19.8 Å². The molecule has 15 heteroatoms. The van der Waals surface area contributed by atoms with Crippen LogP contribution in [0.4, 0.5) is 4.39 Å². The molecule has 338 valence electrons. The van der Waals surface area contributed by atoms with Gasteiger partial charge in [-0.25, -0.2) is 4.39 Å². The fraction of sp³-hybridized carbons (Fsp3) is 0.373. The van der Waals surface area contributed by atoms with Crippen LogP contribution in [0.25, 0.3) is 55.7 Å². The summed E-state index contributed by atoms with van der Waals surface area (Å²) in [7, 11) is 0. The van der Waals surface area contributed by atoms with Crippen molar-refractivity contribution < 1.29 is 4.39 Å². The highest BCUT2D eigenvalue weighted by molar-refractivity contribution is 6.08. The molecule has 6 aromatic heterocycles. The highest BCUT2D eigenvalue weighted by Crippen LogP contribution is 2.33. The number of nitrogens with zero attached hydrogens (tertiary/aromatic N) is 12. The van der Waals surface area contributed by atoms with Gasteiger partial charge in [0.15, 0.2) is 22.9 Å². The molecule has 1 aliphatic rings. The standard InChI is InChI=1S/C26H31N7.C25H26FN7/c1-6-32(7-2)13-12-20-14-17(4)23-22(18(20)5)24-25(27-23)28-26-30-29-21(33(26)31-24)15-19-10-8-16(3)9-11-19;1-15-13-18(9-12-32-10-3-4-11-32)16(2)21-22(15)27-24-23(21)31-33-20(29-30-25(33)28-24)14-17-5-7-19(26)8-6-17/h8-11,14H,6-7,12-13,15H2,1-5H3,(H,27,28,30);5-8,13H,3-4,9-12,14H2,1-2H3,(H,27,28,30). The van der Waals surface area contributed by atoms with E-state index in [4.69, 9.17) is 20.2 Å². The van der Waals surface area contributed by atoms with E-state index in [1.54, 1.807) is 21.2 Å².